The maximum Gasteiger partial charge on any atom is 0.329 e. The number of hydrogen-bond acceptors (Lipinski definition) is 3. The van der Waals surface area contributed by atoms with Gasteiger partial charge in [-0.25, -0.2) is 4.79 Å². The molecule has 0 saturated heterocycles. The monoisotopic (exact) mass is 461 g/mol. The minimum absolute atomic E-state index is 0.257. The van der Waals surface area contributed by atoms with Gasteiger partial charge in [0, 0.05) is 5.92 Å². The number of rotatable bonds is 6. The van der Waals surface area contributed by atoms with Crippen LogP contribution in [0.2, 0.25) is 0 Å². The lowest BCUT2D eigenvalue weighted by Crippen LogP contribution is -2.52. The van der Waals surface area contributed by atoms with Crippen LogP contribution >= 0.6 is 0 Å². The number of esters is 1. The van der Waals surface area contributed by atoms with Crippen LogP contribution in [-0.2, 0) is 19.7 Å². The molecule has 0 saturated carbocycles. The molecule has 4 aromatic carbocycles. The molecule has 1 aliphatic carbocycles. The number of amides is 1. The van der Waals surface area contributed by atoms with Crippen LogP contribution in [0.25, 0.3) is 11.1 Å². The van der Waals surface area contributed by atoms with Crippen molar-refractivity contribution < 1.29 is 14.3 Å². The smallest absolute Gasteiger partial charge is 0.329 e. The second-order valence-corrected chi connectivity index (χ2v) is 8.98. The van der Waals surface area contributed by atoms with E-state index in [9.17, 15) is 9.59 Å². The number of carbonyl (C=O) groups excluding carboxylic acids is 2. The minimum Gasteiger partial charge on any atom is -0.467 e. The molecule has 1 N–H and O–H groups in total. The van der Waals surface area contributed by atoms with E-state index in [1.807, 2.05) is 104 Å². The Labute approximate surface area is 205 Å². The Hall–Kier alpha value is -4.18. The molecule has 0 radical (unpaired) electrons. The third-order valence-corrected chi connectivity index (χ3v) is 7.11. The molecule has 0 fully saturated rings. The van der Waals surface area contributed by atoms with Gasteiger partial charge in [0.2, 0.25) is 5.91 Å². The van der Waals surface area contributed by atoms with Crippen molar-refractivity contribution in [2.24, 2.45) is 0 Å². The normalized spacial score (nSPS) is 13.4. The molecular formula is C31H27NO3. The summed E-state index contributed by atoms with van der Waals surface area (Å²) in [6.45, 7) is 1.90. The second kappa shape index (κ2) is 9.22. The van der Waals surface area contributed by atoms with Crippen LogP contribution in [0, 0.1) is 0 Å². The number of methoxy groups -OCH3 is 1. The van der Waals surface area contributed by atoms with Gasteiger partial charge in [0.25, 0.3) is 0 Å². The Morgan fingerprint density at radius 1 is 0.714 bits per heavy atom. The van der Waals surface area contributed by atoms with Crippen LogP contribution in [0.3, 0.4) is 0 Å². The Morgan fingerprint density at radius 2 is 1.14 bits per heavy atom. The number of hydrogen-bond donors (Lipinski definition) is 1. The Morgan fingerprint density at radius 3 is 1.60 bits per heavy atom. The fourth-order valence-electron chi connectivity index (χ4n) is 5.22. The molecule has 1 amide bonds. The van der Waals surface area contributed by atoms with Crippen LogP contribution in [0.5, 0.6) is 0 Å². The van der Waals surface area contributed by atoms with Gasteiger partial charge in [0.15, 0.2) is 0 Å². The average Bonchev–Trinajstić information content (AvgIpc) is 3.26. The van der Waals surface area contributed by atoms with Gasteiger partial charge in [-0.3, -0.25) is 4.79 Å². The highest BCUT2D eigenvalue weighted by Crippen LogP contribution is 2.46. The summed E-state index contributed by atoms with van der Waals surface area (Å²) in [6, 6.07) is 34.5. The van der Waals surface area contributed by atoms with Gasteiger partial charge in [-0.2, -0.15) is 0 Å². The molecule has 1 atom stereocenters. The van der Waals surface area contributed by atoms with Gasteiger partial charge in [-0.1, -0.05) is 109 Å². The van der Waals surface area contributed by atoms with Crippen molar-refractivity contribution in [2.75, 3.05) is 7.11 Å². The zero-order valence-corrected chi connectivity index (χ0v) is 19.8. The van der Waals surface area contributed by atoms with E-state index < -0.39 is 17.4 Å². The molecular weight excluding hydrogens is 434 g/mol. The fourth-order valence-corrected chi connectivity index (χ4v) is 5.22. The summed E-state index contributed by atoms with van der Waals surface area (Å²) >= 11 is 0. The van der Waals surface area contributed by atoms with Crippen LogP contribution in [0.1, 0.15) is 35.1 Å². The van der Waals surface area contributed by atoms with Crippen molar-refractivity contribution in [2.45, 2.75) is 24.3 Å². The van der Waals surface area contributed by atoms with E-state index in [4.69, 9.17) is 4.74 Å². The van der Waals surface area contributed by atoms with E-state index >= 15 is 0 Å². The summed E-state index contributed by atoms with van der Waals surface area (Å²) < 4.78 is 5.23. The Balaban J connectivity index is 1.61. The lowest BCUT2D eigenvalue weighted by molar-refractivity contribution is -0.146. The number of benzene rings is 4. The predicted octanol–water partition coefficient (Wildman–Crippen LogP) is 5.46. The molecule has 4 nitrogen and oxygen atoms in total. The SMILES string of the molecule is COC(=O)[C@@H](NC(=O)C(C)(c1ccccc1)c1ccccc1)C1c2ccccc2-c2ccccc21. The number of nitrogens with one attached hydrogen (secondary N) is 1. The zero-order valence-electron chi connectivity index (χ0n) is 19.8. The van der Waals surface area contributed by atoms with E-state index in [0.29, 0.717) is 0 Å². The molecule has 0 unspecified atom stereocenters. The van der Waals surface area contributed by atoms with Gasteiger partial charge >= 0.3 is 5.97 Å². The topological polar surface area (TPSA) is 55.4 Å². The van der Waals surface area contributed by atoms with Gasteiger partial charge in [0.05, 0.1) is 12.5 Å². The molecule has 0 aliphatic heterocycles. The first-order valence-electron chi connectivity index (χ1n) is 11.7. The highest BCUT2D eigenvalue weighted by Gasteiger charge is 2.44. The van der Waals surface area contributed by atoms with Crippen molar-refractivity contribution in [1.82, 2.24) is 5.32 Å². The Bertz CT molecular complexity index is 1280. The maximum absolute atomic E-state index is 14.2. The van der Waals surface area contributed by atoms with Crippen LogP contribution in [0.15, 0.2) is 109 Å². The predicted molar refractivity (Wildman–Crippen MR) is 137 cm³/mol. The number of carbonyl (C=O) groups is 2. The molecule has 35 heavy (non-hydrogen) atoms. The van der Waals surface area contributed by atoms with Gasteiger partial charge < -0.3 is 10.1 Å². The molecule has 4 aromatic rings. The van der Waals surface area contributed by atoms with E-state index in [-0.39, 0.29) is 11.8 Å². The van der Waals surface area contributed by atoms with Crippen molar-refractivity contribution in [1.29, 1.82) is 0 Å². The van der Waals surface area contributed by atoms with E-state index in [1.54, 1.807) is 0 Å². The highest BCUT2D eigenvalue weighted by molar-refractivity contribution is 5.96. The third-order valence-electron chi connectivity index (χ3n) is 7.11. The van der Waals surface area contributed by atoms with E-state index in [2.05, 4.69) is 17.4 Å². The quantitative estimate of drug-likeness (QED) is 0.388. The summed E-state index contributed by atoms with van der Waals surface area (Å²) in [7, 11) is 1.36. The molecule has 0 bridgehead atoms. The molecule has 1 aliphatic rings. The van der Waals surface area contributed by atoms with Gasteiger partial charge in [-0.15, -0.1) is 0 Å². The largest absolute Gasteiger partial charge is 0.467 e. The number of ether oxygens (including phenoxy) is 1. The lowest BCUT2D eigenvalue weighted by atomic mass is 9.75. The molecule has 0 spiro atoms. The van der Waals surface area contributed by atoms with E-state index in [0.717, 1.165) is 33.4 Å². The molecule has 5 rings (SSSR count). The van der Waals surface area contributed by atoms with Crippen LogP contribution in [-0.4, -0.2) is 25.0 Å². The summed E-state index contributed by atoms with van der Waals surface area (Å²) in [5, 5.41) is 3.12. The molecule has 4 heteroatoms. The summed E-state index contributed by atoms with van der Waals surface area (Å²) in [6.07, 6.45) is 0. The van der Waals surface area contributed by atoms with Crippen LogP contribution < -0.4 is 5.32 Å². The molecule has 0 aromatic heterocycles. The maximum atomic E-state index is 14.2. The summed E-state index contributed by atoms with van der Waals surface area (Å²) in [5.41, 5.74) is 4.84. The minimum atomic E-state index is -1.01. The fraction of sp³-hybridized carbons (Fsp3) is 0.161. The van der Waals surface area contributed by atoms with Crippen molar-refractivity contribution in [3.8, 4) is 11.1 Å². The lowest BCUT2D eigenvalue weighted by Gasteiger charge is -2.33. The van der Waals surface area contributed by atoms with Crippen LogP contribution in [0.4, 0.5) is 0 Å². The standard InChI is InChI=1S/C31H27NO3/c1-31(21-13-5-3-6-14-21,22-15-7-4-8-16-22)30(34)32-28(29(33)35-2)27-25-19-11-9-17-23(25)24-18-10-12-20-26(24)27/h3-20,27-28H,1-2H3,(H,32,34)/t28-/m0/s1. The van der Waals surface area contributed by atoms with Gasteiger partial charge in [0.1, 0.15) is 6.04 Å². The zero-order chi connectivity index (χ0) is 24.4. The summed E-state index contributed by atoms with van der Waals surface area (Å²) in [4.78, 5) is 27.4. The summed E-state index contributed by atoms with van der Waals surface area (Å²) in [5.74, 6) is -1.08. The average molecular weight is 462 g/mol. The first kappa shape index (κ1) is 22.6. The third kappa shape index (κ3) is 3.81. The highest BCUT2D eigenvalue weighted by atomic mass is 16.5. The van der Waals surface area contributed by atoms with Crippen molar-refractivity contribution in [3.63, 3.8) is 0 Å². The molecule has 174 valence electrons. The molecule has 0 heterocycles. The number of fused-ring (bicyclic) bond motifs is 3. The Kier molecular flexibility index (Phi) is 5.96. The van der Waals surface area contributed by atoms with Crippen molar-refractivity contribution >= 4 is 11.9 Å². The van der Waals surface area contributed by atoms with Crippen molar-refractivity contribution in [3.05, 3.63) is 131 Å². The van der Waals surface area contributed by atoms with E-state index in [1.165, 1.54) is 7.11 Å². The van der Waals surface area contributed by atoms with Gasteiger partial charge in [-0.05, 0) is 40.3 Å². The first-order valence-corrected chi connectivity index (χ1v) is 11.7. The second-order valence-electron chi connectivity index (χ2n) is 8.98. The first-order chi connectivity index (χ1) is 17.1.